The summed E-state index contributed by atoms with van der Waals surface area (Å²) in [5.41, 5.74) is 0.382. The van der Waals surface area contributed by atoms with Gasteiger partial charge in [0, 0.05) is 49.2 Å². The van der Waals surface area contributed by atoms with Crippen molar-refractivity contribution in [2.75, 3.05) is 39.8 Å². The Kier molecular flexibility index (Phi) is 5.63. The number of likely N-dealkylation sites (tertiary alicyclic amines) is 2. The van der Waals surface area contributed by atoms with Crippen LogP contribution in [0.4, 0.5) is 0 Å². The summed E-state index contributed by atoms with van der Waals surface area (Å²) in [5.74, 6) is 1.98. The first kappa shape index (κ1) is 21.1. The molecule has 31 heavy (non-hydrogen) atoms. The van der Waals surface area contributed by atoms with Crippen LogP contribution in [-0.2, 0) is 4.79 Å². The number of amides is 2. The lowest BCUT2D eigenvalue weighted by Gasteiger charge is -2.43. The maximum absolute atomic E-state index is 13.1. The van der Waals surface area contributed by atoms with Gasteiger partial charge in [0.25, 0.3) is 5.91 Å². The van der Waals surface area contributed by atoms with Gasteiger partial charge >= 0.3 is 0 Å². The predicted molar refractivity (Wildman–Crippen MR) is 119 cm³/mol. The molecule has 3 saturated heterocycles. The number of rotatable bonds is 4. The van der Waals surface area contributed by atoms with Crippen LogP contribution in [0.15, 0.2) is 18.2 Å². The number of fused-ring (bicyclic) bond motifs is 2. The second-order valence-corrected chi connectivity index (χ2v) is 10.3. The first-order chi connectivity index (χ1) is 15.0. The highest BCUT2D eigenvalue weighted by Gasteiger charge is 2.57. The summed E-state index contributed by atoms with van der Waals surface area (Å²) < 4.78 is 5.37. The number of methoxy groups -OCH3 is 1. The van der Waals surface area contributed by atoms with Crippen molar-refractivity contribution in [2.45, 2.75) is 44.1 Å². The molecule has 5 rings (SSSR count). The van der Waals surface area contributed by atoms with Crippen molar-refractivity contribution in [3.63, 3.8) is 0 Å². The maximum atomic E-state index is 13.1. The lowest BCUT2D eigenvalue weighted by molar-refractivity contribution is -0.123. The Balaban J connectivity index is 1.25. The minimum Gasteiger partial charge on any atom is -0.496 e. The molecule has 7 heteroatoms. The summed E-state index contributed by atoms with van der Waals surface area (Å²) in [6, 6.07) is 5.14. The minimum atomic E-state index is -0.160. The van der Waals surface area contributed by atoms with Crippen LogP contribution in [0, 0.1) is 17.8 Å². The highest BCUT2D eigenvalue weighted by molar-refractivity contribution is 6.30. The second kappa shape index (κ2) is 8.28. The molecule has 1 aliphatic carbocycles. The number of carbonyl (C=O) groups is 2. The Hall–Kier alpha value is -1.79. The van der Waals surface area contributed by atoms with E-state index in [0.717, 1.165) is 38.4 Å². The van der Waals surface area contributed by atoms with Gasteiger partial charge in [-0.3, -0.25) is 9.59 Å². The van der Waals surface area contributed by atoms with Gasteiger partial charge in [0.05, 0.1) is 18.6 Å². The Morgan fingerprint density at radius 2 is 1.97 bits per heavy atom. The summed E-state index contributed by atoms with van der Waals surface area (Å²) in [6.07, 6.45) is 7.04. The van der Waals surface area contributed by atoms with E-state index in [4.69, 9.17) is 16.3 Å². The molecule has 1 saturated carbocycles. The lowest BCUT2D eigenvalue weighted by atomic mass is 9.75. The van der Waals surface area contributed by atoms with Crippen LogP contribution in [-0.4, -0.2) is 67.0 Å². The average molecular weight is 446 g/mol. The third-order valence-corrected chi connectivity index (χ3v) is 8.38. The first-order valence-corrected chi connectivity index (χ1v) is 12.0. The van der Waals surface area contributed by atoms with Crippen molar-refractivity contribution in [3.05, 3.63) is 28.8 Å². The fourth-order valence-electron chi connectivity index (χ4n) is 6.47. The van der Waals surface area contributed by atoms with Crippen molar-refractivity contribution >= 4 is 23.4 Å². The molecule has 3 aliphatic heterocycles. The zero-order valence-electron chi connectivity index (χ0n) is 18.2. The van der Waals surface area contributed by atoms with Crippen molar-refractivity contribution in [1.29, 1.82) is 0 Å². The molecule has 168 valence electrons. The molecule has 1 N–H and O–H groups in total. The molecule has 1 aromatic rings. The second-order valence-electron chi connectivity index (χ2n) is 9.86. The van der Waals surface area contributed by atoms with Gasteiger partial charge in [0.2, 0.25) is 5.91 Å². The molecule has 2 atom stereocenters. The van der Waals surface area contributed by atoms with Crippen LogP contribution in [0.1, 0.15) is 48.9 Å². The summed E-state index contributed by atoms with van der Waals surface area (Å²) in [4.78, 5) is 30.4. The van der Waals surface area contributed by atoms with Gasteiger partial charge in [0.15, 0.2) is 0 Å². The molecule has 4 aliphatic rings. The van der Waals surface area contributed by atoms with E-state index in [1.807, 2.05) is 4.90 Å². The molecule has 1 aromatic carbocycles. The van der Waals surface area contributed by atoms with E-state index in [9.17, 15) is 9.59 Å². The van der Waals surface area contributed by atoms with Gasteiger partial charge in [-0.1, -0.05) is 24.4 Å². The number of hydrogen-bond acceptors (Lipinski definition) is 4. The van der Waals surface area contributed by atoms with E-state index in [0.29, 0.717) is 35.3 Å². The van der Waals surface area contributed by atoms with Crippen molar-refractivity contribution in [1.82, 2.24) is 15.1 Å². The lowest BCUT2D eigenvalue weighted by Crippen LogP contribution is -2.56. The number of hydrogen-bond donors (Lipinski definition) is 1. The van der Waals surface area contributed by atoms with E-state index in [2.05, 4.69) is 10.2 Å². The fourth-order valence-corrected chi connectivity index (χ4v) is 6.63. The number of nitrogens with zero attached hydrogens (tertiary/aromatic N) is 2. The zero-order valence-corrected chi connectivity index (χ0v) is 19.0. The molecular formula is C24H32ClN3O3. The molecule has 0 unspecified atom stereocenters. The summed E-state index contributed by atoms with van der Waals surface area (Å²) in [7, 11) is 1.55. The van der Waals surface area contributed by atoms with Gasteiger partial charge in [0.1, 0.15) is 5.75 Å². The highest BCUT2D eigenvalue weighted by atomic mass is 35.5. The van der Waals surface area contributed by atoms with Crippen molar-refractivity contribution in [2.24, 2.45) is 17.8 Å². The molecule has 4 fully saturated rings. The topological polar surface area (TPSA) is 61.9 Å². The van der Waals surface area contributed by atoms with Crippen molar-refractivity contribution < 1.29 is 14.3 Å². The number of halogens is 1. The molecule has 0 radical (unpaired) electrons. The highest BCUT2D eigenvalue weighted by Crippen LogP contribution is 2.44. The van der Waals surface area contributed by atoms with E-state index in [-0.39, 0.29) is 23.3 Å². The molecule has 0 bridgehead atoms. The summed E-state index contributed by atoms with van der Waals surface area (Å²) in [6.45, 7) is 4.36. The molecule has 0 aromatic heterocycles. The number of nitrogens with one attached hydrogen (secondary N) is 1. The third kappa shape index (κ3) is 3.82. The maximum Gasteiger partial charge on any atom is 0.257 e. The Bertz CT molecular complexity index is 862. The van der Waals surface area contributed by atoms with Gasteiger partial charge in [-0.25, -0.2) is 0 Å². The first-order valence-electron chi connectivity index (χ1n) is 11.7. The summed E-state index contributed by atoms with van der Waals surface area (Å²) >= 11 is 6.05. The number of benzene rings is 1. The molecule has 1 spiro atoms. The Labute approximate surface area is 189 Å². The largest absolute Gasteiger partial charge is 0.496 e. The van der Waals surface area contributed by atoms with E-state index >= 15 is 0 Å². The molecule has 3 heterocycles. The fraction of sp³-hybridized carbons (Fsp3) is 0.667. The average Bonchev–Trinajstić information content (AvgIpc) is 3.48. The molecule has 2 amide bonds. The quantitative estimate of drug-likeness (QED) is 0.773. The van der Waals surface area contributed by atoms with Crippen molar-refractivity contribution in [3.8, 4) is 5.75 Å². The predicted octanol–water partition coefficient (Wildman–Crippen LogP) is 3.19. The smallest absolute Gasteiger partial charge is 0.257 e. The minimum absolute atomic E-state index is 0.0291. The standard InChI is InChI=1S/C24H32ClN3O3/c1-31-21-12-17(25)6-7-18(21)23(30)28-10-8-24(9-11-28)20-15-27(13-16-4-2-3-5-16)14-19(20)22(29)26-24/h6-7,12,16,19-20H,2-5,8-11,13-15H2,1H3,(H,26,29)/t19-,20+/m1/s1. The monoisotopic (exact) mass is 445 g/mol. The Morgan fingerprint density at radius 3 is 2.68 bits per heavy atom. The van der Waals surface area contributed by atoms with Crippen LogP contribution in [0.5, 0.6) is 5.75 Å². The third-order valence-electron chi connectivity index (χ3n) is 8.14. The van der Waals surface area contributed by atoms with Crippen LogP contribution in [0.2, 0.25) is 5.02 Å². The zero-order chi connectivity index (χ0) is 21.6. The summed E-state index contributed by atoms with van der Waals surface area (Å²) in [5, 5.41) is 3.92. The van der Waals surface area contributed by atoms with Gasteiger partial charge in [-0.05, 0) is 49.8 Å². The van der Waals surface area contributed by atoms with Crippen LogP contribution in [0.3, 0.4) is 0 Å². The van der Waals surface area contributed by atoms with Gasteiger partial charge in [-0.2, -0.15) is 0 Å². The van der Waals surface area contributed by atoms with E-state index in [1.165, 1.54) is 25.7 Å². The Morgan fingerprint density at radius 1 is 1.23 bits per heavy atom. The molecule has 6 nitrogen and oxygen atoms in total. The number of carbonyl (C=O) groups excluding carboxylic acids is 2. The van der Waals surface area contributed by atoms with Crippen LogP contribution >= 0.6 is 11.6 Å². The van der Waals surface area contributed by atoms with Gasteiger partial charge < -0.3 is 19.9 Å². The SMILES string of the molecule is COc1cc(Cl)ccc1C(=O)N1CCC2(CC1)NC(=O)[C@@H]1CN(CC3CCCC3)C[C@@H]12. The molecular weight excluding hydrogens is 414 g/mol. The van der Waals surface area contributed by atoms with Crippen LogP contribution < -0.4 is 10.1 Å². The van der Waals surface area contributed by atoms with Crippen LogP contribution in [0.25, 0.3) is 0 Å². The number of piperidine rings is 1. The normalized spacial score (nSPS) is 28.2. The van der Waals surface area contributed by atoms with E-state index < -0.39 is 0 Å². The van der Waals surface area contributed by atoms with Gasteiger partial charge in [-0.15, -0.1) is 0 Å². The van der Waals surface area contributed by atoms with E-state index in [1.54, 1.807) is 25.3 Å². The number of ether oxygens (including phenoxy) is 1.